The van der Waals surface area contributed by atoms with Crippen LogP contribution in [-0.2, 0) is 4.79 Å². The van der Waals surface area contributed by atoms with Gasteiger partial charge < -0.3 is 10.1 Å². The van der Waals surface area contributed by atoms with Crippen LogP contribution in [0.3, 0.4) is 0 Å². The molecule has 0 fully saturated rings. The first-order valence-electron chi connectivity index (χ1n) is 9.83. The minimum atomic E-state index is -0.233. The molecule has 150 valence electrons. The average molecular weight is 460 g/mol. The summed E-state index contributed by atoms with van der Waals surface area (Å²) < 4.78 is 6.69. The highest BCUT2D eigenvalue weighted by Gasteiger charge is 2.17. The van der Waals surface area contributed by atoms with Crippen LogP contribution in [-0.4, -0.2) is 12.5 Å². The van der Waals surface area contributed by atoms with Crippen molar-refractivity contribution in [1.29, 1.82) is 0 Å². The normalized spacial score (nSPS) is 11.8. The molecule has 0 heterocycles. The van der Waals surface area contributed by atoms with Gasteiger partial charge in [-0.2, -0.15) is 0 Å². The Hall–Kier alpha value is -3.11. The van der Waals surface area contributed by atoms with Crippen LogP contribution < -0.4 is 10.1 Å². The fourth-order valence-corrected chi connectivity index (χ4v) is 4.04. The summed E-state index contributed by atoms with van der Waals surface area (Å²) in [6.45, 7) is 1.99. The number of fused-ring (bicyclic) bond motifs is 1. The molecule has 4 aromatic carbocycles. The third-order valence-electron chi connectivity index (χ3n) is 5.04. The standard InChI is InChI=1S/C26H22BrNO2/c1-18-11-13-21(14-12-18)26(20-8-3-2-4-9-20)28-24(29)17-30-23-16-15-19-7-5-6-10-22(19)25(23)27/h2-16,26H,17H2,1H3,(H,28,29)/t26-/m1/s1. The van der Waals surface area contributed by atoms with E-state index in [1.807, 2.05) is 78.9 Å². The highest BCUT2D eigenvalue weighted by Crippen LogP contribution is 2.33. The highest BCUT2D eigenvalue weighted by molar-refractivity contribution is 9.10. The Bertz CT molecular complexity index is 1160. The molecule has 1 atom stereocenters. The molecule has 4 aromatic rings. The van der Waals surface area contributed by atoms with Crippen molar-refractivity contribution in [2.75, 3.05) is 6.61 Å². The zero-order valence-corrected chi connectivity index (χ0v) is 18.2. The molecule has 1 amide bonds. The van der Waals surface area contributed by atoms with Crippen molar-refractivity contribution in [2.24, 2.45) is 0 Å². The molecule has 0 aliphatic heterocycles. The van der Waals surface area contributed by atoms with Gasteiger partial charge in [-0.1, -0.05) is 90.5 Å². The molecular formula is C26H22BrNO2. The maximum absolute atomic E-state index is 12.8. The Balaban J connectivity index is 1.51. The summed E-state index contributed by atoms with van der Waals surface area (Å²) >= 11 is 3.61. The maximum Gasteiger partial charge on any atom is 0.258 e. The van der Waals surface area contributed by atoms with E-state index in [2.05, 4.69) is 40.3 Å². The molecule has 0 aliphatic rings. The van der Waals surface area contributed by atoms with Gasteiger partial charge in [-0.3, -0.25) is 4.79 Å². The number of halogens is 1. The summed E-state index contributed by atoms with van der Waals surface area (Å²) in [5.74, 6) is 0.472. The third kappa shape index (κ3) is 4.55. The summed E-state index contributed by atoms with van der Waals surface area (Å²) in [5, 5.41) is 5.29. The first-order valence-corrected chi connectivity index (χ1v) is 10.6. The van der Waals surface area contributed by atoms with Gasteiger partial charge in [-0.15, -0.1) is 0 Å². The maximum atomic E-state index is 12.8. The number of ether oxygens (including phenoxy) is 1. The van der Waals surface area contributed by atoms with Crippen LogP contribution in [0.1, 0.15) is 22.7 Å². The van der Waals surface area contributed by atoms with Gasteiger partial charge in [0.1, 0.15) is 5.75 Å². The third-order valence-corrected chi connectivity index (χ3v) is 5.85. The molecule has 0 saturated heterocycles. The molecular weight excluding hydrogens is 438 g/mol. The van der Waals surface area contributed by atoms with Gasteiger partial charge in [0.15, 0.2) is 6.61 Å². The van der Waals surface area contributed by atoms with Crippen molar-refractivity contribution in [3.05, 3.63) is 112 Å². The van der Waals surface area contributed by atoms with E-state index in [1.54, 1.807) is 0 Å². The SMILES string of the molecule is Cc1ccc([C@H](NC(=O)COc2ccc3ccccc3c2Br)c2ccccc2)cc1. The topological polar surface area (TPSA) is 38.3 Å². The Morgan fingerprint density at radius 2 is 1.53 bits per heavy atom. The summed E-state index contributed by atoms with van der Waals surface area (Å²) in [4.78, 5) is 12.8. The number of hydrogen-bond acceptors (Lipinski definition) is 2. The second-order valence-electron chi connectivity index (χ2n) is 7.21. The van der Waals surface area contributed by atoms with Crippen LogP contribution in [0.15, 0.2) is 95.5 Å². The van der Waals surface area contributed by atoms with Crippen LogP contribution >= 0.6 is 15.9 Å². The second kappa shape index (κ2) is 9.14. The number of rotatable bonds is 6. The molecule has 0 unspecified atom stereocenters. The Morgan fingerprint density at radius 1 is 0.867 bits per heavy atom. The van der Waals surface area contributed by atoms with Crippen LogP contribution in [0.4, 0.5) is 0 Å². The largest absolute Gasteiger partial charge is 0.483 e. The minimum Gasteiger partial charge on any atom is -0.483 e. The fourth-order valence-electron chi connectivity index (χ4n) is 3.43. The van der Waals surface area contributed by atoms with E-state index in [4.69, 9.17) is 4.74 Å². The zero-order valence-electron chi connectivity index (χ0n) is 16.6. The minimum absolute atomic E-state index is 0.0634. The lowest BCUT2D eigenvalue weighted by molar-refractivity contribution is -0.123. The average Bonchev–Trinajstić information content (AvgIpc) is 2.78. The molecule has 1 N–H and O–H groups in total. The predicted octanol–water partition coefficient (Wildman–Crippen LogP) is 6.20. The van der Waals surface area contributed by atoms with Crippen LogP contribution in [0, 0.1) is 6.92 Å². The van der Waals surface area contributed by atoms with Crippen LogP contribution in [0.5, 0.6) is 5.75 Å². The van der Waals surface area contributed by atoms with E-state index < -0.39 is 0 Å². The van der Waals surface area contributed by atoms with Gasteiger partial charge in [0.25, 0.3) is 5.91 Å². The molecule has 0 spiro atoms. The quantitative estimate of drug-likeness (QED) is 0.372. The van der Waals surface area contributed by atoms with Gasteiger partial charge >= 0.3 is 0 Å². The number of carbonyl (C=O) groups excluding carboxylic acids is 1. The molecule has 30 heavy (non-hydrogen) atoms. The van der Waals surface area contributed by atoms with Crippen LogP contribution in [0.2, 0.25) is 0 Å². The lowest BCUT2D eigenvalue weighted by atomic mass is 9.98. The molecule has 0 aliphatic carbocycles. The van der Waals surface area contributed by atoms with E-state index in [9.17, 15) is 4.79 Å². The first-order chi connectivity index (χ1) is 14.6. The van der Waals surface area contributed by atoms with Crippen LogP contribution in [0.25, 0.3) is 10.8 Å². The predicted molar refractivity (Wildman–Crippen MR) is 125 cm³/mol. The molecule has 0 bridgehead atoms. The number of hydrogen-bond donors (Lipinski definition) is 1. The summed E-state index contributed by atoms with van der Waals surface area (Å²) in [7, 11) is 0. The first kappa shape index (κ1) is 20.2. The van der Waals surface area contributed by atoms with E-state index in [-0.39, 0.29) is 18.6 Å². The smallest absolute Gasteiger partial charge is 0.258 e. The van der Waals surface area contributed by atoms with Gasteiger partial charge in [0.2, 0.25) is 0 Å². The van der Waals surface area contributed by atoms with Crippen molar-refractivity contribution in [3.8, 4) is 5.75 Å². The van der Waals surface area contributed by atoms with Crippen molar-refractivity contribution in [3.63, 3.8) is 0 Å². The molecule has 0 saturated carbocycles. The molecule has 4 heteroatoms. The van der Waals surface area contributed by atoms with Gasteiger partial charge in [0.05, 0.1) is 10.5 Å². The van der Waals surface area contributed by atoms with Gasteiger partial charge in [0, 0.05) is 0 Å². The van der Waals surface area contributed by atoms with E-state index in [1.165, 1.54) is 5.56 Å². The van der Waals surface area contributed by atoms with E-state index in [0.29, 0.717) is 5.75 Å². The number of aryl methyl sites for hydroxylation is 1. The zero-order chi connectivity index (χ0) is 20.9. The number of benzene rings is 4. The van der Waals surface area contributed by atoms with Gasteiger partial charge in [-0.25, -0.2) is 0 Å². The second-order valence-corrected chi connectivity index (χ2v) is 8.00. The number of nitrogens with one attached hydrogen (secondary N) is 1. The summed E-state index contributed by atoms with van der Waals surface area (Å²) in [6.07, 6.45) is 0. The van der Waals surface area contributed by atoms with Crippen molar-refractivity contribution in [2.45, 2.75) is 13.0 Å². The van der Waals surface area contributed by atoms with Crippen molar-refractivity contribution < 1.29 is 9.53 Å². The number of amides is 1. The molecule has 4 rings (SSSR count). The highest BCUT2D eigenvalue weighted by atomic mass is 79.9. The van der Waals surface area contributed by atoms with E-state index >= 15 is 0 Å². The Labute approximate surface area is 184 Å². The van der Waals surface area contributed by atoms with E-state index in [0.717, 1.165) is 26.4 Å². The fraction of sp³-hybridized carbons (Fsp3) is 0.115. The Kier molecular flexibility index (Phi) is 6.15. The summed E-state index contributed by atoms with van der Waals surface area (Å²) in [6, 6.07) is 29.9. The monoisotopic (exact) mass is 459 g/mol. The lowest BCUT2D eigenvalue weighted by Crippen LogP contribution is -2.33. The number of carbonyl (C=O) groups is 1. The van der Waals surface area contributed by atoms with Crippen molar-refractivity contribution >= 4 is 32.6 Å². The van der Waals surface area contributed by atoms with Crippen molar-refractivity contribution in [1.82, 2.24) is 5.32 Å². The lowest BCUT2D eigenvalue weighted by Gasteiger charge is -2.20. The molecule has 3 nitrogen and oxygen atoms in total. The Morgan fingerprint density at radius 3 is 2.30 bits per heavy atom. The molecule has 0 radical (unpaired) electrons. The van der Waals surface area contributed by atoms with Gasteiger partial charge in [-0.05, 0) is 50.8 Å². The molecule has 0 aromatic heterocycles. The summed E-state index contributed by atoms with van der Waals surface area (Å²) in [5.41, 5.74) is 3.25.